The first-order valence-corrected chi connectivity index (χ1v) is 10.3. The minimum Gasteiger partial charge on any atom is -0.363 e. The second kappa shape index (κ2) is 9.20. The van der Waals surface area contributed by atoms with E-state index >= 15 is 0 Å². The third-order valence-electron chi connectivity index (χ3n) is 5.73. The van der Waals surface area contributed by atoms with Crippen molar-refractivity contribution in [3.63, 3.8) is 0 Å². The lowest BCUT2D eigenvalue weighted by Gasteiger charge is -2.34. The zero-order chi connectivity index (χ0) is 23.5. The molecule has 0 amide bonds. The molecule has 3 N–H and O–H groups in total. The lowest BCUT2D eigenvalue weighted by Crippen LogP contribution is -2.30. The predicted molar refractivity (Wildman–Crippen MR) is 115 cm³/mol. The molecule has 33 heavy (non-hydrogen) atoms. The largest absolute Gasteiger partial charge is 0.363 e. The summed E-state index contributed by atoms with van der Waals surface area (Å²) in [6.07, 6.45) is 3.58. The van der Waals surface area contributed by atoms with Crippen molar-refractivity contribution in [3.8, 4) is 6.07 Å². The number of aromatic amines is 1. The highest BCUT2D eigenvalue weighted by atomic mass is 19.3. The number of halogens is 2. The molecule has 0 aliphatic heterocycles. The molecule has 1 saturated carbocycles. The van der Waals surface area contributed by atoms with Crippen LogP contribution in [0.25, 0.3) is 0 Å². The van der Waals surface area contributed by atoms with Gasteiger partial charge in [0, 0.05) is 30.4 Å². The van der Waals surface area contributed by atoms with Gasteiger partial charge in [0.05, 0.1) is 6.04 Å². The minimum atomic E-state index is -2.68. The molecule has 0 bridgehead atoms. The summed E-state index contributed by atoms with van der Waals surface area (Å²) >= 11 is 0. The molecule has 3 heterocycles. The molecule has 168 valence electrons. The molecule has 4 rings (SSSR count). The molecule has 3 aromatic rings. The van der Waals surface area contributed by atoms with E-state index < -0.39 is 23.7 Å². The van der Waals surface area contributed by atoms with E-state index in [4.69, 9.17) is 5.41 Å². The molecule has 3 aromatic heterocycles. The molecule has 11 heteroatoms. The Labute approximate surface area is 187 Å². The Hall–Kier alpha value is -4.07. The number of pyridine rings is 1. The Morgan fingerprint density at radius 2 is 1.97 bits per heavy atom. The van der Waals surface area contributed by atoms with Crippen LogP contribution in [0.4, 0.5) is 14.6 Å². The van der Waals surface area contributed by atoms with E-state index in [1.807, 2.05) is 0 Å². The number of aromatic nitrogens is 5. The van der Waals surface area contributed by atoms with Crippen LogP contribution >= 0.6 is 0 Å². The van der Waals surface area contributed by atoms with Crippen LogP contribution in [-0.4, -0.2) is 30.6 Å². The molecule has 3 atom stereocenters. The van der Waals surface area contributed by atoms with Crippen molar-refractivity contribution in [2.75, 3.05) is 5.32 Å². The van der Waals surface area contributed by atoms with Crippen molar-refractivity contribution in [1.82, 2.24) is 24.9 Å². The van der Waals surface area contributed by atoms with Crippen LogP contribution in [0.2, 0.25) is 0 Å². The zero-order valence-corrected chi connectivity index (χ0v) is 17.6. The van der Waals surface area contributed by atoms with Crippen molar-refractivity contribution < 1.29 is 8.78 Å². The number of alkyl halides is 2. The molecular weight excluding hydrogens is 430 g/mol. The van der Waals surface area contributed by atoms with E-state index in [0.29, 0.717) is 17.2 Å². The van der Waals surface area contributed by atoms with Gasteiger partial charge in [-0.2, -0.15) is 5.26 Å². The second-order valence-electron chi connectivity index (χ2n) is 7.74. The van der Waals surface area contributed by atoms with E-state index in [0.717, 1.165) is 12.8 Å². The van der Waals surface area contributed by atoms with Gasteiger partial charge in [-0.25, -0.2) is 23.7 Å². The quantitative estimate of drug-likeness (QED) is 0.466. The van der Waals surface area contributed by atoms with Gasteiger partial charge in [-0.15, -0.1) is 0 Å². The van der Waals surface area contributed by atoms with Crippen LogP contribution in [0.5, 0.6) is 0 Å². The molecule has 0 spiro atoms. The van der Waals surface area contributed by atoms with Gasteiger partial charge in [-0.05, 0) is 37.5 Å². The van der Waals surface area contributed by atoms with Gasteiger partial charge in [0.15, 0.2) is 0 Å². The molecular formula is C22H20F2N8O. The van der Waals surface area contributed by atoms with Gasteiger partial charge in [0.2, 0.25) is 0 Å². The summed E-state index contributed by atoms with van der Waals surface area (Å²) in [6.45, 7) is 1.74. The molecule has 0 radical (unpaired) electrons. The topological polar surface area (TPSA) is 144 Å². The van der Waals surface area contributed by atoms with Gasteiger partial charge in [-0.1, -0.05) is 6.07 Å². The van der Waals surface area contributed by atoms with Crippen LogP contribution in [-0.2, 0) is 0 Å². The number of rotatable bonds is 7. The van der Waals surface area contributed by atoms with Crippen molar-refractivity contribution in [1.29, 1.82) is 10.7 Å². The van der Waals surface area contributed by atoms with Crippen molar-refractivity contribution in [3.05, 3.63) is 75.6 Å². The van der Waals surface area contributed by atoms with E-state index in [1.54, 1.807) is 31.5 Å². The maximum atomic E-state index is 12.8. The maximum Gasteiger partial charge on any atom is 0.280 e. The van der Waals surface area contributed by atoms with Crippen LogP contribution in [0, 0.1) is 16.7 Å². The average Bonchev–Trinajstić information content (AvgIpc) is 2.78. The summed E-state index contributed by atoms with van der Waals surface area (Å²) in [5.41, 5.74) is -1.08. The highest BCUT2D eigenvalue weighted by Gasteiger charge is 2.37. The Morgan fingerprint density at radius 3 is 2.55 bits per heavy atom. The minimum absolute atomic E-state index is 0.00742. The molecule has 3 unspecified atom stereocenters. The maximum absolute atomic E-state index is 12.8. The van der Waals surface area contributed by atoms with Crippen LogP contribution in [0.3, 0.4) is 0 Å². The molecule has 9 nitrogen and oxygen atoms in total. The molecule has 1 aliphatic carbocycles. The predicted octanol–water partition coefficient (Wildman–Crippen LogP) is 3.62. The number of nitrogens with one attached hydrogen (secondary N) is 3. The normalized spacial score (nSPS) is 18.3. The summed E-state index contributed by atoms with van der Waals surface area (Å²) in [7, 11) is 0. The van der Waals surface area contributed by atoms with E-state index in [1.165, 1.54) is 18.3 Å². The lowest BCUT2D eigenvalue weighted by molar-refractivity contribution is 0.146. The lowest BCUT2D eigenvalue weighted by atomic mass is 9.72. The highest BCUT2D eigenvalue weighted by Crippen LogP contribution is 2.46. The second-order valence-corrected chi connectivity index (χ2v) is 7.74. The molecule has 0 saturated heterocycles. The summed E-state index contributed by atoms with van der Waals surface area (Å²) < 4.78 is 25.6. The number of H-pyrrole nitrogens is 1. The molecule has 0 aromatic carbocycles. The Bertz CT molecular complexity index is 1250. The Morgan fingerprint density at radius 1 is 1.24 bits per heavy atom. The first-order valence-electron chi connectivity index (χ1n) is 10.3. The summed E-state index contributed by atoms with van der Waals surface area (Å²) in [4.78, 5) is 32.5. The fourth-order valence-electron chi connectivity index (χ4n) is 3.79. The molecule has 1 fully saturated rings. The number of hydrogen-bond donors (Lipinski definition) is 3. The standard InChI is InChI=1S/C22H20F2N8O/c1-11(12-3-6-16(18(23)24)29-10-12)30-21-17(15(26)9-25)22(33)32-20(31-21)14-5-4-13(14)19-27-7-2-8-28-19/h2-3,6-8,10-11,13-14,18,26H,4-5H2,1H3,(H2,30,31,32,33). The number of hydrogen-bond acceptors (Lipinski definition) is 8. The van der Waals surface area contributed by atoms with Gasteiger partial charge in [0.25, 0.3) is 12.0 Å². The van der Waals surface area contributed by atoms with Gasteiger partial charge >= 0.3 is 0 Å². The van der Waals surface area contributed by atoms with Crippen molar-refractivity contribution >= 4 is 11.5 Å². The first-order chi connectivity index (χ1) is 15.9. The third kappa shape index (κ3) is 4.45. The summed E-state index contributed by atoms with van der Waals surface area (Å²) in [5, 5.41) is 20.2. The summed E-state index contributed by atoms with van der Waals surface area (Å²) in [6, 6.07) is 5.65. The van der Waals surface area contributed by atoms with Gasteiger partial charge in [-0.3, -0.25) is 15.2 Å². The fraction of sp³-hybridized carbons (Fsp3) is 0.318. The SMILES string of the molecule is CC(Nc1nc(C2CCC2c2ncccn2)[nH]c(=O)c1C(=N)C#N)c1ccc(C(F)F)nc1. The monoisotopic (exact) mass is 450 g/mol. The van der Waals surface area contributed by atoms with Gasteiger partial charge in [0.1, 0.15) is 40.5 Å². The van der Waals surface area contributed by atoms with E-state index in [-0.39, 0.29) is 28.9 Å². The highest BCUT2D eigenvalue weighted by molar-refractivity contribution is 6.12. The van der Waals surface area contributed by atoms with E-state index in [9.17, 15) is 18.8 Å². The Balaban J connectivity index is 1.67. The number of anilines is 1. The Kier molecular flexibility index (Phi) is 6.17. The van der Waals surface area contributed by atoms with Crippen molar-refractivity contribution in [2.24, 2.45) is 0 Å². The number of nitriles is 1. The van der Waals surface area contributed by atoms with Crippen molar-refractivity contribution in [2.45, 2.75) is 44.1 Å². The third-order valence-corrected chi connectivity index (χ3v) is 5.73. The summed E-state index contributed by atoms with van der Waals surface area (Å²) in [5.74, 6) is 1.03. The fourth-order valence-corrected chi connectivity index (χ4v) is 3.79. The molecule has 1 aliphatic rings. The average molecular weight is 450 g/mol. The van der Waals surface area contributed by atoms with Crippen LogP contribution in [0.1, 0.15) is 72.5 Å². The number of nitrogens with zero attached hydrogens (tertiary/aromatic N) is 5. The van der Waals surface area contributed by atoms with Crippen LogP contribution in [0.15, 0.2) is 41.6 Å². The van der Waals surface area contributed by atoms with Crippen LogP contribution < -0.4 is 10.9 Å². The first kappa shape index (κ1) is 22.1. The smallest absolute Gasteiger partial charge is 0.280 e. The van der Waals surface area contributed by atoms with E-state index in [2.05, 4.69) is 30.2 Å². The zero-order valence-electron chi connectivity index (χ0n) is 17.6. The van der Waals surface area contributed by atoms with Gasteiger partial charge < -0.3 is 10.3 Å².